The zero-order chi connectivity index (χ0) is 13.8. The highest BCUT2D eigenvalue weighted by molar-refractivity contribution is 5.94. The van der Waals surface area contributed by atoms with Crippen LogP contribution in [-0.4, -0.2) is 11.9 Å². The quantitative estimate of drug-likeness (QED) is 0.619. The number of hydrogen-bond donors (Lipinski definition) is 2. The zero-order valence-corrected chi connectivity index (χ0v) is 10.8. The van der Waals surface area contributed by atoms with E-state index in [2.05, 4.69) is 20.8 Å². The molecule has 0 unspecified atom stereocenters. The van der Waals surface area contributed by atoms with E-state index in [0.29, 0.717) is 5.75 Å². The van der Waals surface area contributed by atoms with Crippen molar-refractivity contribution in [3.63, 3.8) is 0 Å². The smallest absolute Gasteiger partial charge is 0.212 e. The van der Waals surface area contributed by atoms with Gasteiger partial charge in [0.1, 0.15) is 5.75 Å². The zero-order valence-electron chi connectivity index (χ0n) is 10.8. The molecule has 0 aliphatic rings. The normalized spacial score (nSPS) is 11.6. The Morgan fingerprint density at radius 3 is 2.11 bits per heavy atom. The molecule has 0 saturated carbocycles. The predicted molar refractivity (Wildman–Crippen MR) is 71.5 cm³/mol. The summed E-state index contributed by atoms with van der Waals surface area (Å²) in [5.41, 5.74) is 1.23. The van der Waals surface area contributed by atoms with Crippen LogP contribution in [0, 0.1) is 10.8 Å². The second-order valence-electron chi connectivity index (χ2n) is 4.92. The number of nitrogens with one attached hydrogen (secondary N) is 2. The number of halogens is 1. The van der Waals surface area contributed by atoms with E-state index in [9.17, 15) is 4.39 Å². The molecule has 96 valence electrons. The van der Waals surface area contributed by atoms with Gasteiger partial charge in [-0.05, 0) is 29.2 Å². The summed E-state index contributed by atoms with van der Waals surface area (Å²) in [4.78, 5) is 0. The van der Waals surface area contributed by atoms with Gasteiger partial charge in [0.05, 0.1) is 0 Å². The number of rotatable bonds is 3. The van der Waals surface area contributed by atoms with Crippen molar-refractivity contribution >= 4 is 11.9 Å². The van der Waals surface area contributed by atoms with Crippen molar-refractivity contribution in [3.8, 4) is 5.75 Å². The van der Waals surface area contributed by atoms with Gasteiger partial charge >= 0.3 is 0 Å². The minimum Gasteiger partial charge on any atom is -0.440 e. The topological polar surface area (TPSA) is 56.9 Å². The van der Waals surface area contributed by atoms with Crippen molar-refractivity contribution in [2.24, 2.45) is 0 Å². The van der Waals surface area contributed by atoms with E-state index in [1.165, 1.54) is 5.56 Å². The molecular formula is C14H17FN2O. The van der Waals surface area contributed by atoms with Gasteiger partial charge in [-0.3, -0.25) is 10.8 Å². The van der Waals surface area contributed by atoms with Crippen molar-refractivity contribution in [2.75, 3.05) is 0 Å². The number of ether oxygens (including phenoxy) is 1. The molecule has 0 aromatic heterocycles. The summed E-state index contributed by atoms with van der Waals surface area (Å²) < 4.78 is 17.3. The molecule has 0 aliphatic heterocycles. The van der Waals surface area contributed by atoms with Crippen LogP contribution in [0.4, 0.5) is 4.39 Å². The third kappa shape index (κ3) is 4.49. The summed E-state index contributed by atoms with van der Waals surface area (Å²) in [6.45, 7) is 6.33. The maximum atomic E-state index is 12.1. The van der Waals surface area contributed by atoms with E-state index in [1.54, 1.807) is 12.1 Å². The standard InChI is InChI=1S/C14H17FN2O/c1-14(2,3)10-4-6-11(7-5-10)18-13(17)9-8-12(15)16/h4-9,16-17H,1-3H3/b9-8-,16-12?,17-13?. The van der Waals surface area contributed by atoms with Crippen molar-refractivity contribution in [3.05, 3.63) is 42.0 Å². The van der Waals surface area contributed by atoms with Crippen LogP contribution in [0.5, 0.6) is 5.75 Å². The Morgan fingerprint density at radius 2 is 1.67 bits per heavy atom. The first kappa shape index (κ1) is 14.1. The molecule has 0 fully saturated rings. The van der Waals surface area contributed by atoms with E-state index in [4.69, 9.17) is 15.6 Å². The Morgan fingerprint density at radius 1 is 1.11 bits per heavy atom. The average molecular weight is 248 g/mol. The van der Waals surface area contributed by atoms with Crippen LogP contribution in [-0.2, 0) is 5.41 Å². The Kier molecular flexibility index (Phi) is 4.37. The summed E-state index contributed by atoms with van der Waals surface area (Å²) >= 11 is 0. The maximum absolute atomic E-state index is 12.1. The minimum absolute atomic E-state index is 0.0647. The van der Waals surface area contributed by atoms with Gasteiger partial charge in [0.15, 0.2) is 0 Å². The van der Waals surface area contributed by atoms with Crippen LogP contribution in [0.3, 0.4) is 0 Å². The molecule has 0 saturated heterocycles. The molecule has 4 heteroatoms. The van der Waals surface area contributed by atoms with Crippen LogP contribution in [0.2, 0.25) is 0 Å². The predicted octanol–water partition coefficient (Wildman–Crippen LogP) is 3.84. The van der Waals surface area contributed by atoms with Crippen LogP contribution >= 0.6 is 0 Å². The fourth-order valence-corrected chi connectivity index (χ4v) is 1.33. The van der Waals surface area contributed by atoms with E-state index in [-0.39, 0.29) is 11.3 Å². The lowest BCUT2D eigenvalue weighted by atomic mass is 9.87. The summed E-state index contributed by atoms with van der Waals surface area (Å²) in [5.74, 6) is -0.796. The first-order valence-corrected chi connectivity index (χ1v) is 5.58. The lowest BCUT2D eigenvalue weighted by Gasteiger charge is -2.19. The Hall–Kier alpha value is -1.97. The second kappa shape index (κ2) is 5.58. The first-order valence-electron chi connectivity index (χ1n) is 5.58. The van der Waals surface area contributed by atoms with Crippen LogP contribution in [0.25, 0.3) is 0 Å². The highest BCUT2D eigenvalue weighted by Crippen LogP contribution is 2.24. The molecule has 1 rings (SSSR count). The summed E-state index contributed by atoms with van der Waals surface area (Å²) in [5, 5.41) is 14.0. The van der Waals surface area contributed by atoms with E-state index < -0.39 is 5.97 Å². The summed E-state index contributed by atoms with van der Waals surface area (Å²) in [6.07, 6.45) is 1.96. The SMILES string of the molecule is CC(C)(C)c1ccc(OC(=N)/C=C\C(=N)F)cc1. The molecule has 0 radical (unpaired) electrons. The average Bonchev–Trinajstić information content (AvgIpc) is 2.26. The van der Waals surface area contributed by atoms with Crippen molar-refractivity contribution < 1.29 is 9.13 Å². The van der Waals surface area contributed by atoms with E-state index in [0.717, 1.165) is 12.2 Å². The molecule has 0 amide bonds. The van der Waals surface area contributed by atoms with Crippen LogP contribution < -0.4 is 4.74 Å². The largest absolute Gasteiger partial charge is 0.440 e. The molecular weight excluding hydrogens is 231 g/mol. The van der Waals surface area contributed by atoms with Crippen LogP contribution in [0.1, 0.15) is 26.3 Å². The van der Waals surface area contributed by atoms with Gasteiger partial charge in [-0.25, -0.2) is 0 Å². The van der Waals surface area contributed by atoms with Gasteiger partial charge in [-0.1, -0.05) is 32.9 Å². The Balaban J connectivity index is 2.70. The van der Waals surface area contributed by atoms with Gasteiger partial charge in [-0.2, -0.15) is 4.39 Å². The minimum atomic E-state index is -1.11. The number of allylic oxidation sites excluding steroid dienone is 1. The fraction of sp³-hybridized carbons (Fsp3) is 0.286. The lowest BCUT2D eigenvalue weighted by Crippen LogP contribution is -2.11. The Bertz CT molecular complexity index is 470. The highest BCUT2D eigenvalue weighted by atomic mass is 19.1. The molecule has 2 N–H and O–H groups in total. The second-order valence-corrected chi connectivity index (χ2v) is 4.92. The van der Waals surface area contributed by atoms with Gasteiger partial charge in [0.2, 0.25) is 11.9 Å². The molecule has 1 aromatic carbocycles. The third-order valence-corrected chi connectivity index (χ3v) is 2.33. The number of benzene rings is 1. The molecule has 3 nitrogen and oxygen atoms in total. The molecule has 1 aromatic rings. The lowest BCUT2D eigenvalue weighted by molar-refractivity contribution is 0.546. The first-order chi connectivity index (χ1) is 8.29. The van der Waals surface area contributed by atoms with Crippen molar-refractivity contribution in [1.29, 1.82) is 10.8 Å². The Labute approximate surface area is 106 Å². The molecule has 0 spiro atoms. The molecule has 18 heavy (non-hydrogen) atoms. The highest BCUT2D eigenvalue weighted by Gasteiger charge is 2.13. The summed E-state index contributed by atoms with van der Waals surface area (Å²) in [7, 11) is 0. The number of hydrogen-bond acceptors (Lipinski definition) is 3. The van der Waals surface area contributed by atoms with Gasteiger partial charge in [0, 0.05) is 6.08 Å². The molecule has 0 heterocycles. The molecule has 0 bridgehead atoms. The van der Waals surface area contributed by atoms with E-state index in [1.807, 2.05) is 12.1 Å². The van der Waals surface area contributed by atoms with E-state index >= 15 is 0 Å². The monoisotopic (exact) mass is 248 g/mol. The maximum Gasteiger partial charge on any atom is 0.212 e. The van der Waals surface area contributed by atoms with Crippen molar-refractivity contribution in [1.82, 2.24) is 0 Å². The third-order valence-electron chi connectivity index (χ3n) is 2.33. The van der Waals surface area contributed by atoms with Crippen LogP contribution in [0.15, 0.2) is 36.4 Å². The summed E-state index contributed by atoms with van der Waals surface area (Å²) in [6, 6.07) is 7.40. The molecule has 0 aliphatic carbocycles. The van der Waals surface area contributed by atoms with Gasteiger partial charge in [-0.15, -0.1) is 0 Å². The fourth-order valence-electron chi connectivity index (χ4n) is 1.33. The van der Waals surface area contributed by atoms with Gasteiger partial charge < -0.3 is 4.74 Å². The molecule has 0 atom stereocenters. The van der Waals surface area contributed by atoms with Gasteiger partial charge in [0.25, 0.3) is 0 Å². The van der Waals surface area contributed by atoms with Crippen molar-refractivity contribution in [2.45, 2.75) is 26.2 Å².